The molecule has 21 heavy (non-hydrogen) atoms. The van der Waals surface area contributed by atoms with E-state index < -0.39 is 0 Å². The van der Waals surface area contributed by atoms with Gasteiger partial charge in [-0.25, -0.2) is 0 Å². The second kappa shape index (κ2) is 4.59. The van der Waals surface area contributed by atoms with Gasteiger partial charge in [-0.1, -0.05) is 12.1 Å². The standard InChI is InChI=1S/C15H19N3O3/c1-4-7-18-13-12(16-17-18)14-10-8(19-2)5-6-9(20-3)11(10)15(13)21-14/h5-6,12-15H,4,7H2,1-3H3. The molecule has 6 nitrogen and oxygen atoms in total. The Balaban J connectivity index is 1.81. The number of nitrogens with zero attached hydrogens (tertiary/aromatic N) is 3. The summed E-state index contributed by atoms with van der Waals surface area (Å²) in [5.74, 6) is 1.71. The molecule has 1 aromatic carbocycles. The molecule has 6 heteroatoms. The smallest absolute Gasteiger partial charge is 0.128 e. The summed E-state index contributed by atoms with van der Waals surface area (Å²) in [4.78, 5) is 0. The first-order chi connectivity index (χ1) is 10.3. The number of fused-ring (bicyclic) bond motifs is 8. The van der Waals surface area contributed by atoms with E-state index in [-0.39, 0.29) is 24.3 Å². The van der Waals surface area contributed by atoms with Crippen LogP contribution >= 0.6 is 0 Å². The van der Waals surface area contributed by atoms with Crippen LogP contribution in [-0.4, -0.2) is 37.9 Å². The van der Waals surface area contributed by atoms with Crippen LogP contribution in [0.4, 0.5) is 0 Å². The number of hydrogen-bond acceptors (Lipinski definition) is 6. The first-order valence-electron chi connectivity index (χ1n) is 7.37. The van der Waals surface area contributed by atoms with E-state index in [1.54, 1.807) is 14.2 Å². The van der Waals surface area contributed by atoms with Gasteiger partial charge in [-0.15, -0.1) is 0 Å². The van der Waals surface area contributed by atoms with Gasteiger partial charge in [0.15, 0.2) is 0 Å². The quantitative estimate of drug-likeness (QED) is 0.855. The lowest BCUT2D eigenvalue weighted by Crippen LogP contribution is -2.39. The van der Waals surface area contributed by atoms with Crippen LogP contribution in [0.25, 0.3) is 0 Å². The molecule has 3 aliphatic heterocycles. The van der Waals surface area contributed by atoms with Crippen molar-refractivity contribution >= 4 is 0 Å². The van der Waals surface area contributed by atoms with Gasteiger partial charge in [-0.2, -0.15) is 5.11 Å². The van der Waals surface area contributed by atoms with Crippen LogP contribution < -0.4 is 9.47 Å². The molecule has 4 atom stereocenters. The van der Waals surface area contributed by atoms with Crippen LogP contribution in [0.1, 0.15) is 36.7 Å². The Morgan fingerprint density at radius 2 is 1.81 bits per heavy atom. The van der Waals surface area contributed by atoms with Crippen LogP contribution in [0.3, 0.4) is 0 Å². The third kappa shape index (κ3) is 1.56. The lowest BCUT2D eigenvalue weighted by atomic mass is 9.83. The van der Waals surface area contributed by atoms with Crippen molar-refractivity contribution in [1.82, 2.24) is 5.01 Å². The highest BCUT2D eigenvalue weighted by Gasteiger charge is 2.59. The van der Waals surface area contributed by atoms with Crippen molar-refractivity contribution in [2.24, 2.45) is 10.3 Å². The maximum atomic E-state index is 6.22. The van der Waals surface area contributed by atoms with Crippen molar-refractivity contribution in [2.45, 2.75) is 37.6 Å². The van der Waals surface area contributed by atoms with Gasteiger partial charge >= 0.3 is 0 Å². The van der Waals surface area contributed by atoms with E-state index in [1.165, 1.54) is 0 Å². The van der Waals surface area contributed by atoms with E-state index in [2.05, 4.69) is 22.3 Å². The molecular formula is C15H19N3O3. The van der Waals surface area contributed by atoms with Gasteiger partial charge in [0.1, 0.15) is 35.8 Å². The predicted octanol–water partition coefficient (Wildman–Crippen LogP) is 2.66. The zero-order valence-corrected chi connectivity index (χ0v) is 12.4. The summed E-state index contributed by atoms with van der Waals surface area (Å²) in [5.41, 5.74) is 2.19. The molecule has 0 N–H and O–H groups in total. The zero-order chi connectivity index (χ0) is 14.6. The number of ether oxygens (including phenoxy) is 3. The molecular weight excluding hydrogens is 270 g/mol. The second-order valence-electron chi connectivity index (χ2n) is 5.62. The van der Waals surface area contributed by atoms with Crippen LogP contribution in [0.15, 0.2) is 22.5 Å². The molecule has 2 bridgehead atoms. The summed E-state index contributed by atoms with van der Waals surface area (Å²) in [6.07, 6.45) is 0.925. The van der Waals surface area contributed by atoms with E-state index in [0.717, 1.165) is 35.6 Å². The summed E-state index contributed by atoms with van der Waals surface area (Å²) in [6.45, 7) is 3.05. The van der Waals surface area contributed by atoms with Gasteiger partial charge in [0.2, 0.25) is 0 Å². The van der Waals surface area contributed by atoms with Gasteiger partial charge in [0, 0.05) is 17.7 Å². The molecule has 1 aromatic rings. The van der Waals surface area contributed by atoms with Crippen LogP contribution in [0.5, 0.6) is 11.5 Å². The Kier molecular flexibility index (Phi) is 2.82. The largest absolute Gasteiger partial charge is 0.496 e. The van der Waals surface area contributed by atoms with Crippen LogP contribution in [0.2, 0.25) is 0 Å². The lowest BCUT2D eigenvalue weighted by Gasteiger charge is -2.29. The van der Waals surface area contributed by atoms with Gasteiger partial charge in [-0.3, -0.25) is 5.01 Å². The third-order valence-corrected chi connectivity index (χ3v) is 4.58. The molecule has 4 rings (SSSR count). The van der Waals surface area contributed by atoms with E-state index in [9.17, 15) is 0 Å². The van der Waals surface area contributed by atoms with Gasteiger partial charge in [-0.05, 0) is 18.6 Å². The Hall–Kier alpha value is -1.82. The summed E-state index contributed by atoms with van der Waals surface area (Å²) in [6, 6.07) is 4.13. The first-order valence-corrected chi connectivity index (χ1v) is 7.37. The Morgan fingerprint density at radius 1 is 1.14 bits per heavy atom. The maximum Gasteiger partial charge on any atom is 0.128 e. The Bertz CT molecular complexity index is 604. The van der Waals surface area contributed by atoms with E-state index in [4.69, 9.17) is 14.2 Å². The Morgan fingerprint density at radius 3 is 2.43 bits per heavy atom. The highest BCUT2D eigenvalue weighted by atomic mass is 16.5. The average Bonchev–Trinajstić information content (AvgIpc) is 3.18. The maximum absolute atomic E-state index is 6.22. The van der Waals surface area contributed by atoms with Crippen molar-refractivity contribution in [1.29, 1.82) is 0 Å². The molecule has 1 fully saturated rings. The van der Waals surface area contributed by atoms with Crippen LogP contribution in [0, 0.1) is 0 Å². The van der Waals surface area contributed by atoms with Crippen molar-refractivity contribution in [3.05, 3.63) is 23.3 Å². The fraction of sp³-hybridized carbons (Fsp3) is 0.600. The molecule has 112 valence electrons. The van der Waals surface area contributed by atoms with E-state index >= 15 is 0 Å². The normalized spacial score (nSPS) is 31.5. The second-order valence-corrected chi connectivity index (χ2v) is 5.62. The molecule has 0 spiro atoms. The van der Waals surface area contributed by atoms with Crippen molar-refractivity contribution in [3.63, 3.8) is 0 Å². The summed E-state index contributed by atoms with van der Waals surface area (Å²) >= 11 is 0. The first kappa shape index (κ1) is 12.9. The molecule has 4 unspecified atom stereocenters. The minimum Gasteiger partial charge on any atom is -0.496 e. The van der Waals surface area contributed by atoms with Gasteiger partial charge < -0.3 is 14.2 Å². The molecule has 0 aromatic heterocycles. The Labute approximate surface area is 123 Å². The van der Waals surface area contributed by atoms with E-state index in [0.29, 0.717) is 0 Å². The topological polar surface area (TPSA) is 55.7 Å². The fourth-order valence-electron chi connectivity index (χ4n) is 3.76. The van der Waals surface area contributed by atoms with Crippen LogP contribution in [-0.2, 0) is 4.74 Å². The summed E-state index contributed by atoms with van der Waals surface area (Å²) in [7, 11) is 3.38. The third-order valence-electron chi connectivity index (χ3n) is 4.58. The fourth-order valence-corrected chi connectivity index (χ4v) is 3.76. The van der Waals surface area contributed by atoms with Gasteiger partial charge in [0.05, 0.1) is 14.2 Å². The summed E-state index contributed by atoms with van der Waals surface area (Å²) in [5, 5.41) is 10.8. The molecule has 3 heterocycles. The highest BCUT2D eigenvalue weighted by molar-refractivity contribution is 5.56. The number of rotatable bonds is 4. The molecule has 3 aliphatic rings. The number of methoxy groups -OCH3 is 2. The van der Waals surface area contributed by atoms with Crippen molar-refractivity contribution in [3.8, 4) is 11.5 Å². The van der Waals surface area contributed by atoms with Crippen molar-refractivity contribution < 1.29 is 14.2 Å². The SMILES string of the molecule is CCCN1N=NC2C3OC(c4c(OC)ccc(OC)c43)C21. The minimum absolute atomic E-state index is 0.0402. The highest BCUT2D eigenvalue weighted by Crippen LogP contribution is 2.60. The average molecular weight is 289 g/mol. The monoisotopic (exact) mass is 289 g/mol. The van der Waals surface area contributed by atoms with E-state index in [1.807, 2.05) is 12.1 Å². The summed E-state index contributed by atoms with van der Waals surface area (Å²) < 4.78 is 17.3. The number of benzene rings is 1. The molecule has 1 saturated heterocycles. The molecule has 0 aliphatic carbocycles. The number of hydrogen-bond donors (Lipinski definition) is 0. The van der Waals surface area contributed by atoms with Crippen molar-refractivity contribution in [2.75, 3.05) is 20.8 Å². The zero-order valence-electron chi connectivity index (χ0n) is 12.4. The van der Waals surface area contributed by atoms with Gasteiger partial charge in [0.25, 0.3) is 0 Å². The molecule has 0 amide bonds. The lowest BCUT2D eigenvalue weighted by molar-refractivity contribution is 0.0372. The molecule has 0 radical (unpaired) electrons. The predicted molar refractivity (Wildman–Crippen MR) is 75.5 cm³/mol. The minimum atomic E-state index is -0.0781. The molecule has 0 saturated carbocycles.